The molecule has 53 heavy (non-hydrogen) atoms. The number of hydrogen-bond donors (Lipinski definition) is 0. The molecule has 268 valence electrons. The molecule has 0 spiro atoms. The van der Waals surface area contributed by atoms with E-state index in [1.165, 1.54) is 80.5 Å². The van der Waals surface area contributed by atoms with Crippen molar-refractivity contribution in [2.45, 2.75) is 117 Å². The van der Waals surface area contributed by atoms with Gasteiger partial charge >= 0.3 is 0 Å². The number of anilines is 5. The van der Waals surface area contributed by atoms with Gasteiger partial charge in [-0.25, -0.2) is 0 Å². The standard InChI is InChI=1S/C48H50BClN2O/c1-27-21-29(45(3,4)5)22-28(2)41(27)51-37-25-31(50)26-38-40(37)49(35-18-17-33-32-15-11-12-16-39(32)53-44(33)43(35)51)36-24-30(46(6,7)8)23-34-42(36)52(38)48(10)20-14-13-19-47(34,48)9/h11-12,15-18,21-26H,13-14,19-20H2,1-10H3. The van der Waals surface area contributed by atoms with Crippen LogP contribution >= 0.6 is 11.6 Å². The van der Waals surface area contributed by atoms with E-state index in [1.54, 1.807) is 0 Å². The lowest BCUT2D eigenvalue weighted by molar-refractivity contribution is 0.195. The van der Waals surface area contributed by atoms with Crippen molar-refractivity contribution in [1.82, 2.24) is 0 Å². The first-order valence-corrected chi connectivity index (χ1v) is 20.1. The molecule has 1 fully saturated rings. The molecule has 1 aliphatic carbocycles. The smallest absolute Gasteiger partial charge is 0.252 e. The fourth-order valence-electron chi connectivity index (χ4n) is 11.0. The molecular formula is C48H50BClN2O. The average molecular weight is 717 g/mol. The zero-order chi connectivity index (χ0) is 37.1. The first-order chi connectivity index (χ1) is 25.0. The van der Waals surface area contributed by atoms with E-state index in [9.17, 15) is 0 Å². The lowest BCUT2D eigenvalue weighted by atomic mass is 9.33. The summed E-state index contributed by atoms with van der Waals surface area (Å²) in [5.74, 6) is 0. The minimum absolute atomic E-state index is 0.00126. The van der Waals surface area contributed by atoms with Gasteiger partial charge in [0.2, 0.25) is 0 Å². The number of halogens is 1. The molecule has 6 aromatic rings. The van der Waals surface area contributed by atoms with Crippen molar-refractivity contribution in [2.24, 2.45) is 0 Å². The van der Waals surface area contributed by atoms with Crippen LogP contribution in [0.5, 0.6) is 0 Å². The number of furan rings is 1. The zero-order valence-electron chi connectivity index (χ0n) is 33.0. The van der Waals surface area contributed by atoms with Gasteiger partial charge < -0.3 is 14.2 Å². The second-order valence-electron chi connectivity index (χ2n) is 19.2. The van der Waals surface area contributed by atoms with E-state index in [0.717, 1.165) is 44.8 Å². The molecule has 3 aliphatic heterocycles. The Labute approximate surface area is 320 Å². The lowest BCUT2D eigenvalue weighted by Gasteiger charge is -2.52. The van der Waals surface area contributed by atoms with Gasteiger partial charge in [-0.15, -0.1) is 0 Å². The van der Waals surface area contributed by atoms with Crippen molar-refractivity contribution < 1.29 is 4.42 Å². The number of benzene rings is 5. The molecule has 1 saturated carbocycles. The van der Waals surface area contributed by atoms with Crippen molar-refractivity contribution in [3.05, 3.63) is 106 Å². The van der Waals surface area contributed by atoms with Crippen molar-refractivity contribution >= 4 is 85.1 Å². The molecule has 0 saturated heterocycles. The second kappa shape index (κ2) is 10.5. The normalized spacial score (nSPS) is 21.6. The van der Waals surface area contributed by atoms with Crippen LogP contribution in [0.4, 0.5) is 28.4 Å². The summed E-state index contributed by atoms with van der Waals surface area (Å²) < 4.78 is 6.99. The van der Waals surface area contributed by atoms with E-state index in [-0.39, 0.29) is 28.5 Å². The van der Waals surface area contributed by atoms with Crippen LogP contribution in [-0.4, -0.2) is 12.3 Å². The minimum Gasteiger partial charge on any atom is -0.454 e. The highest BCUT2D eigenvalue weighted by atomic mass is 35.5. The van der Waals surface area contributed by atoms with Crippen LogP contribution in [0, 0.1) is 13.8 Å². The lowest BCUT2D eigenvalue weighted by Crippen LogP contribution is -2.64. The fraction of sp³-hybridized carbons (Fsp3) is 0.375. The van der Waals surface area contributed by atoms with E-state index in [2.05, 4.69) is 152 Å². The third-order valence-electron chi connectivity index (χ3n) is 13.9. The summed E-state index contributed by atoms with van der Waals surface area (Å²) in [6.07, 6.45) is 4.84. The Morgan fingerprint density at radius 1 is 0.698 bits per heavy atom. The molecule has 5 heteroatoms. The van der Waals surface area contributed by atoms with Crippen molar-refractivity contribution in [2.75, 3.05) is 9.80 Å². The third-order valence-corrected chi connectivity index (χ3v) is 14.2. The summed E-state index contributed by atoms with van der Waals surface area (Å²) in [4.78, 5) is 5.31. The molecule has 3 nitrogen and oxygen atoms in total. The predicted octanol–water partition coefficient (Wildman–Crippen LogP) is 11.8. The number of rotatable bonds is 1. The highest BCUT2D eigenvalue weighted by Crippen LogP contribution is 2.62. The van der Waals surface area contributed by atoms with Crippen molar-refractivity contribution in [3.63, 3.8) is 0 Å². The Morgan fingerprint density at radius 2 is 1.36 bits per heavy atom. The van der Waals surface area contributed by atoms with Crippen molar-refractivity contribution in [3.8, 4) is 0 Å². The van der Waals surface area contributed by atoms with Crippen molar-refractivity contribution in [1.29, 1.82) is 0 Å². The van der Waals surface area contributed by atoms with Gasteiger partial charge in [0.05, 0.1) is 16.9 Å². The van der Waals surface area contributed by atoms with Gasteiger partial charge in [-0.2, -0.15) is 0 Å². The summed E-state index contributed by atoms with van der Waals surface area (Å²) in [5.41, 5.74) is 18.9. The minimum atomic E-state index is -0.0732. The molecule has 10 rings (SSSR count). The summed E-state index contributed by atoms with van der Waals surface area (Å²) in [5, 5.41) is 3.07. The maximum atomic E-state index is 7.39. The molecule has 2 unspecified atom stereocenters. The Hall–Kier alpha value is -4.15. The highest BCUT2D eigenvalue weighted by Gasteiger charge is 2.61. The molecule has 0 bridgehead atoms. The monoisotopic (exact) mass is 716 g/mol. The predicted molar refractivity (Wildman–Crippen MR) is 228 cm³/mol. The van der Waals surface area contributed by atoms with Gasteiger partial charge in [0, 0.05) is 38.3 Å². The second-order valence-corrected chi connectivity index (χ2v) is 19.6. The molecule has 0 amide bonds. The number of hydrogen-bond acceptors (Lipinski definition) is 3. The van der Waals surface area contributed by atoms with E-state index in [0.29, 0.717) is 0 Å². The Balaban J connectivity index is 1.38. The molecule has 5 aromatic carbocycles. The van der Waals surface area contributed by atoms with Gasteiger partial charge in [-0.3, -0.25) is 0 Å². The Morgan fingerprint density at radius 3 is 2.08 bits per heavy atom. The Bertz CT molecular complexity index is 2560. The number of fused-ring (bicyclic) bond motifs is 11. The van der Waals surface area contributed by atoms with E-state index < -0.39 is 0 Å². The maximum Gasteiger partial charge on any atom is 0.252 e. The van der Waals surface area contributed by atoms with Crippen LogP contribution in [0.2, 0.25) is 5.02 Å². The molecule has 4 heterocycles. The molecule has 4 aliphatic rings. The number of para-hydroxylation sites is 1. The van der Waals surface area contributed by atoms with Crippen LogP contribution in [-0.2, 0) is 16.2 Å². The molecule has 2 atom stereocenters. The highest BCUT2D eigenvalue weighted by molar-refractivity contribution is 7.00. The van der Waals surface area contributed by atoms with Crippen LogP contribution < -0.4 is 26.2 Å². The SMILES string of the molecule is Cc1cc(C(C)(C)C)cc(C)c1N1c2cc(Cl)cc3c2B(c2cc(C(C)(C)C)cc4c2N3C2(C)CCCCC42C)c2ccc3c(oc4ccccc43)c21. The first-order valence-electron chi connectivity index (χ1n) is 19.7. The fourth-order valence-corrected chi connectivity index (χ4v) is 11.2. The molecule has 0 N–H and O–H groups in total. The largest absolute Gasteiger partial charge is 0.454 e. The summed E-state index contributed by atoms with van der Waals surface area (Å²) in [6.45, 7) is 23.7. The average Bonchev–Trinajstić information content (AvgIpc) is 3.57. The van der Waals surface area contributed by atoms with Gasteiger partial charge in [-0.05, 0) is 107 Å². The summed E-state index contributed by atoms with van der Waals surface area (Å²) in [7, 11) is 0. The third kappa shape index (κ3) is 4.25. The Kier molecular flexibility index (Phi) is 6.65. The first kappa shape index (κ1) is 33.4. The summed E-state index contributed by atoms with van der Waals surface area (Å²) in [6, 6.07) is 27.7. The van der Waals surface area contributed by atoms with E-state index >= 15 is 0 Å². The van der Waals surface area contributed by atoms with Gasteiger partial charge in [-0.1, -0.05) is 128 Å². The van der Waals surface area contributed by atoms with Crippen LogP contribution in [0.15, 0.2) is 77.2 Å². The summed E-state index contributed by atoms with van der Waals surface area (Å²) >= 11 is 7.39. The number of nitrogens with zero attached hydrogens (tertiary/aromatic N) is 2. The molecular weight excluding hydrogens is 667 g/mol. The van der Waals surface area contributed by atoms with Crippen LogP contribution in [0.25, 0.3) is 21.9 Å². The van der Waals surface area contributed by atoms with Gasteiger partial charge in [0.1, 0.15) is 5.58 Å². The van der Waals surface area contributed by atoms with Gasteiger partial charge in [0.25, 0.3) is 6.71 Å². The van der Waals surface area contributed by atoms with Gasteiger partial charge in [0.15, 0.2) is 5.58 Å². The molecule has 1 aromatic heterocycles. The zero-order valence-corrected chi connectivity index (χ0v) is 33.8. The van der Waals surface area contributed by atoms with E-state index in [4.69, 9.17) is 16.0 Å². The maximum absolute atomic E-state index is 7.39. The van der Waals surface area contributed by atoms with Crippen LogP contribution in [0.1, 0.15) is 109 Å². The quantitative estimate of drug-likeness (QED) is 0.158. The topological polar surface area (TPSA) is 19.6 Å². The molecule has 0 radical (unpaired) electrons. The number of aryl methyl sites for hydroxylation is 2. The van der Waals surface area contributed by atoms with E-state index in [1.807, 2.05) is 0 Å². The van der Waals surface area contributed by atoms with Crippen LogP contribution in [0.3, 0.4) is 0 Å².